The molecule has 0 aliphatic rings. The molecule has 1 nitrogen and oxygen atoms in total. The molecule has 0 saturated heterocycles. The Morgan fingerprint density at radius 2 is 1.80 bits per heavy atom. The van der Waals surface area contributed by atoms with Crippen molar-refractivity contribution >= 4 is 40.7 Å². The lowest BCUT2D eigenvalue weighted by molar-refractivity contribution is 0.102. The lowest BCUT2D eigenvalue weighted by atomic mass is 10.1. The summed E-state index contributed by atoms with van der Waals surface area (Å²) in [4.78, 5) is 12.6. The first-order chi connectivity index (χ1) is 9.47. The highest BCUT2D eigenvalue weighted by atomic mass is 35.5. The lowest BCUT2D eigenvalue weighted by Gasteiger charge is -2.05. The van der Waals surface area contributed by atoms with Crippen LogP contribution in [0.5, 0.6) is 0 Å². The molecule has 20 heavy (non-hydrogen) atoms. The Kier molecular flexibility index (Phi) is 5.02. The molecule has 0 aliphatic heterocycles. The zero-order valence-electron chi connectivity index (χ0n) is 10.00. The van der Waals surface area contributed by atoms with Gasteiger partial charge in [-0.1, -0.05) is 23.2 Å². The minimum absolute atomic E-state index is 0.0606. The summed E-state index contributed by atoms with van der Waals surface area (Å²) in [6, 6.07) is 7.99. The summed E-state index contributed by atoms with van der Waals surface area (Å²) in [7, 11) is 0. The van der Waals surface area contributed by atoms with Crippen LogP contribution in [0.4, 0.5) is 8.78 Å². The Morgan fingerprint density at radius 3 is 2.50 bits per heavy atom. The van der Waals surface area contributed by atoms with Crippen LogP contribution in [0, 0.1) is 11.6 Å². The maximum atomic E-state index is 13.0. The van der Waals surface area contributed by atoms with Gasteiger partial charge >= 0.3 is 0 Å². The molecule has 0 bridgehead atoms. The van der Waals surface area contributed by atoms with Gasteiger partial charge in [-0.25, -0.2) is 8.78 Å². The number of hydrogen-bond donors (Lipinski definition) is 0. The van der Waals surface area contributed by atoms with E-state index in [4.69, 9.17) is 23.2 Å². The Morgan fingerprint density at radius 1 is 1.05 bits per heavy atom. The Bertz CT molecular complexity index is 662. The van der Waals surface area contributed by atoms with E-state index in [2.05, 4.69) is 0 Å². The Balaban J connectivity index is 2.08. The Hall–Kier alpha value is -1.10. The second-order valence-electron chi connectivity index (χ2n) is 3.92. The normalized spacial score (nSPS) is 10.6. The molecule has 2 aromatic carbocycles. The van der Waals surface area contributed by atoms with Gasteiger partial charge in [0.05, 0.1) is 10.8 Å². The summed E-state index contributed by atoms with van der Waals surface area (Å²) in [5.41, 5.74) is 0.120. The maximum absolute atomic E-state index is 13.0. The monoisotopic (exact) mass is 332 g/mol. The summed E-state index contributed by atoms with van der Waals surface area (Å²) in [6.45, 7) is 0. The van der Waals surface area contributed by atoms with Gasteiger partial charge in [-0.3, -0.25) is 4.79 Å². The average molecular weight is 333 g/mol. The fourth-order valence-corrected chi connectivity index (χ4v) is 2.87. The largest absolute Gasteiger partial charge is 0.293 e. The van der Waals surface area contributed by atoms with E-state index in [0.717, 1.165) is 12.1 Å². The second-order valence-corrected chi connectivity index (χ2v) is 5.78. The van der Waals surface area contributed by atoms with Crippen molar-refractivity contribution < 1.29 is 13.6 Å². The van der Waals surface area contributed by atoms with Gasteiger partial charge in [0.15, 0.2) is 17.4 Å². The van der Waals surface area contributed by atoms with Crippen molar-refractivity contribution in [3.8, 4) is 0 Å². The van der Waals surface area contributed by atoms with Gasteiger partial charge < -0.3 is 0 Å². The van der Waals surface area contributed by atoms with Gasteiger partial charge in [-0.2, -0.15) is 0 Å². The average Bonchev–Trinajstić information content (AvgIpc) is 2.42. The summed E-state index contributed by atoms with van der Waals surface area (Å²) >= 11 is 13.0. The predicted molar refractivity (Wildman–Crippen MR) is 77.9 cm³/mol. The van der Waals surface area contributed by atoms with Gasteiger partial charge in [-0.15, -0.1) is 11.8 Å². The first-order valence-corrected chi connectivity index (χ1v) is 7.27. The number of benzene rings is 2. The molecular formula is C14H8Cl2F2OS. The number of hydrogen-bond acceptors (Lipinski definition) is 2. The molecule has 2 rings (SSSR count). The van der Waals surface area contributed by atoms with Crippen LogP contribution in [0.1, 0.15) is 10.4 Å². The summed E-state index contributed by atoms with van der Waals surface area (Å²) in [5.74, 6) is -2.27. The van der Waals surface area contributed by atoms with E-state index >= 15 is 0 Å². The quantitative estimate of drug-likeness (QED) is 0.562. The number of rotatable bonds is 4. The molecule has 2 aromatic rings. The van der Waals surface area contributed by atoms with E-state index in [1.54, 1.807) is 18.2 Å². The molecule has 0 N–H and O–H groups in total. The molecular weight excluding hydrogens is 325 g/mol. The molecule has 0 atom stereocenters. The van der Waals surface area contributed by atoms with Gasteiger partial charge in [0.1, 0.15) is 0 Å². The molecule has 0 spiro atoms. The number of halogens is 4. The SMILES string of the molecule is O=C(CSc1cc(Cl)ccc1Cl)c1ccc(F)c(F)c1. The highest BCUT2D eigenvalue weighted by molar-refractivity contribution is 8.00. The number of ketones is 1. The summed E-state index contributed by atoms with van der Waals surface area (Å²) in [6.07, 6.45) is 0. The van der Waals surface area contributed by atoms with Crippen LogP contribution in [-0.4, -0.2) is 11.5 Å². The molecule has 0 fully saturated rings. The van der Waals surface area contributed by atoms with Gasteiger partial charge in [0, 0.05) is 15.5 Å². The van der Waals surface area contributed by atoms with Crippen LogP contribution in [0.3, 0.4) is 0 Å². The zero-order chi connectivity index (χ0) is 14.7. The lowest BCUT2D eigenvalue weighted by Crippen LogP contribution is -2.03. The highest BCUT2D eigenvalue weighted by Crippen LogP contribution is 2.30. The number of carbonyl (C=O) groups is 1. The van der Waals surface area contributed by atoms with Crippen molar-refractivity contribution in [1.82, 2.24) is 0 Å². The molecule has 0 amide bonds. The zero-order valence-corrected chi connectivity index (χ0v) is 12.3. The van der Waals surface area contributed by atoms with Gasteiger partial charge in [0.25, 0.3) is 0 Å². The van der Waals surface area contributed by atoms with E-state index in [0.29, 0.717) is 14.9 Å². The van der Waals surface area contributed by atoms with Crippen molar-refractivity contribution in [1.29, 1.82) is 0 Å². The van der Waals surface area contributed by atoms with Crippen LogP contribution < -0.4 is 0 Å². The van der Waals surface area contributed by atoms with Crippen LogP contribution in [0.25, 0.3) is 0 Å². The van der Waals surface area contributed by atoms with Crippen LogP contribution in [0.15, 0.2) is 41.3 Å². The third kappa shape index (κ3) is 3.72. The fraction of sp³-hybridized carbons (Fsp3) is 0.0714. The predicted octanol–water partition coefficient (Wildman–Crippen LogP) is 5.25. The third-order valence-corrected chi connectivity index (χ3v) is 4.23. The molecule has 0 saturated carbocycles. The molecule has 0 aliphatic carbocycles. The molecule has 0 aromatic heterocycles. The van der Waals surface area contributed by atoms with Crippen molar-refractivity contribution in [2.24, 2.45) is 0 Å². The number of Topliss-reactive ketones (excluding diaryl/α,β-unsaturated/α-hetero) is 1. The van der Waals surface area contributed by atoms with Gasteiger partial charge in [0.2, 0.25) is 0 Å². The minimum atomic E-state index is -1.04. The standard InChI is InChI=1S/C14H8Cl2F2OS/c15-9-2-3-10(16)14(6-9)20-7-13(19)8-1-4-11(17)12(18)5-8/h1-6H,7H2. The topological polar surface area (TPSA) is 17.1 Å². The number of carbonyl (C=O) groups excluding carboxylic acids is 1. The van der Waals surface area contributed by atoms with Crippen molar-refractivity contribution in [3.05, 3.63) is 63.6 Å². The smallest absolute Gasteiger partial charge is 0.173 e. The Labute approximate surface area is 128 Å². The van der Waals surface area contributed by atoms with E-state index < -0.39 is 11.6 Å². The maximum Gasteiger partial charge on any atom is 0.173 e. The molecule has 0 radical (unpaired) electrons. The molecule has 0 heterocycles. The fourth-order valence-electron chi connectivity index (χ4n) is 1.48. The summed E-state index contributed by atoms with van der Waals surface area (Å²) < 4.78 is 25.8. The molecule has 104 valence electrons. The first kappa shape index (κ1) is 15.3. The molecule has 6 heteroatoms. The van der Waals surface area contributed by atoms with E-state index in [1.807, 2.05) is 0 Å². The first-order valence-electron chi connectivity index (χ1n) is 5.53. The van der Waals surface area contributed by atoms with Crippen molar-refractivity contribution in [2.45, 2.75) is 4.90 Å². The van der Waals surface area contributed by atoms with Crippen molar-refractivity contribution in [3.63, 3.8) is 0 Å². The minimum Gasteiger partial charge on any atom is -0.293 e. The van der Waals surface area contributed by atoms with E-state index in [-0.39, 0.29) is 17.1 Å². The second kappa shape index (κ2) is 6.57. The van der Waals surface area contributed by atoms with Gasteiger partial charge in [-0.05, 0) is 36.4 Å². The number of thioether (sulfide) groups is 1. The van der Waals surface area contributed by atoms with Crippen LogP contribution in [-0.2, 0) is 0 Å². The van der Waals surface area contributed by atoms with E-state index in [9.17, 15) is 13.6 Å². The summed E-state index contributed by atoms with van der Waals surface area (Å²) in [5, 5.41) is 0.995. The highest BCUT2D eigenvalue weighted by Gasteiger charge is 2.11. The van der Waals surface area contributed by atoms with Crippen LogP contribution in [0.2, 0.25) is 10.0 Å². The molecule has 0 unspecified atom stereocenters. The van der Waals surface area contributed by atoms with E-state index in [1.165, 1.54) is 17.8 Å². The third-order valence-electron chi connectivity index (χ3n) is 2.49. The van der Waals surface area contributed by atoms with Crippen LogP contribution >= 0.6 is 35.0 Å². The van der Waals surface area contributed by atoms with Crippen molar-refractivity contribution in [2.75, 3.05) is 5.75 Å².